The summed E-state index contributed by atoms with van der Waals surface area (Å²) in [7, 11) is 1.63. The summed E-state index contributed by atoms with van der Waals surface area (Å²) in [6.07, 6.45) is 12.0. The van der Waals surface area contributed by atoms with E-state index in [1.165, 1.54) is 25.7 Å². The molecule has 2 aromatic heterocycles. The molecule has 6 rings (SSSR count). The molecule has 7 heteroatoms. The lowest BCUT2D eigenvalue weighted by molar-refractivity contribution is 0.0314. The zero-order chi connectivity index (χ0) is 22.4. The SMILES string of the molecule is COc1cccc(C(=O)N2c3nc(-c4ccco4)nn3C3(CCCCC3)[C@@H]3CCCC[C@@H]32)c1. The van der Waals surface area contributed by atoms with Crippen LogP contribution in [-0.2, 0) is 5.54 Å². The molecule has 2 saturated carbocycles. The third-order valence-electron chi connectivity index (χ3n) is 7.98. The van der Waals surface area contributed by atoms with Crippen molar-refractivity contribution in [1.29, 1.82) is 0 Å². The van der Waals surface area contributed by atoms with Gasteiger partial charge < -0.3 is 9.15 Å². The van der Waals surface area contributed by atoms with E-state index in [2.05, 4.69) is 4.68 Å². The van der Waals surface area contributed by atoms with Gasteiger partial charge in [-0.3, -0.25) is 9.69 Å². The summed E-state index contributed by atoms with van der Waals surface area (Å²) in [6, 6.07) is 11.3. The van der Waals surface area contributed by atoms with Crippen molar-refractivity contribution >= 4 is 11.9 Å². The van der Waals surface area contributed by atoms with Gasteiger partial charge in [-0.15, -0.1) is 5.10 Å². The average Bonchev–Trinajstić information content (AvgIpc) is 3.56. The molecule has 2 fully saturated rings. The minimum atomic E-state index is -0.0678. The van der Waals surface area contributed by atoms with Crippen molar-refractivity contribution in [3.05, 3.63) is 48.2 Å². The number of hydrogen-bond donors (Lipinski definition) is 0. The van der Waals surface area contributed by atoms with Crippen LogP contribution in [0, 0.1) is 5.92 Å². The molecular weight excluding hydrogens is 416 g/mol. The van der Waals surface area contributed by atoms with Gasteiger partial charge in [-0.2, -0.15) is 4.98 Å². The largest absolute Gasteiger partial charge is 0.497 e. The molecule has 1 amide bonds. The molecular formula is C26H30N4O3. The lowest BCUT2D eigenvalue weighted by atomic mass is 9.64. The Hall–Kier alpha value is -3.09. The standard InChI is InChI=1S/C26H30N4O3/c1-32-19-10-7-9-18(17-19)24(31)29-21-12-4-3-11-20(21)26(14-5-2-6-15-26)30-25(29)27-23(28-30)22-13-8-16-33-22/h7-10,13,16-17,20-21H,2-6,11-12,14-15H2,1H3/t20-,21+/m1/s1. The van der Waals surface area contributed by atoms with E-state index in [1.54, 1.807) is 13.4 Å². The molecule has 2 aliphatic carbocycles. The second-order valence-electron chi connectivity index (χ2n) is 9.65. The maximum Gasteiger partial charge on any atom is 0.261 e. The number of anilines is 1. The molecule has 1 aromatic carbocycles. The zero-order valence-corrected chi connectivity index (χ0v) is 19.1. The lowest BCUT2D eigenvalue weighted by Gasteiger charge is -2.55. The van der Waals surface area contributed by atoms with Gasteiger partial charge in [0.25, 0.3) is 5.91 Å². The first-order valence-electron chi connectivity index (χ1n) is 12.2. The third-order valence-corrected chi connectivity index (χ3v) is 7.98. The molecule has 3 aliphatic rings. The molecule has 0 N–H and O–H groups in total. The van der Waals surface area contributed by atoms with Crippen LogP contribution in [0.5, 0.6) is 5.75 Å². The van der Waals surface area contributed by atoms with E-state index >= 15 is 0 Å². The first-order valence-corrected chi connectivity index (χ1v) is 12.2. The topological polar surface area (TPSA) is 73.4 Å². The second kappa shape index (κ2) is 8.04. The number of methoxy groups -OCH3 is 1. The molecule has 3 heterocycles. The Morgan fingerprint density at radius 2 is 1.94 bits per heavy atom. The number of carbonyl (C=O) groups excluding carboxylic acids is 1. The van der Waals surface area contributed by atoms with E-state index in [-0.39, 0.29) is 17.5 Å². The predicted octanol–water partition coefficient (Wildman–Crippen LogP) is 5.43. The molecule has 0 radical (unpaired) electrons. The van der Waals surface area contributed by atoms with Crippen molar-refractivity contribution < 1.29 is 13.9 Å². The van der Waals surface area contributed by atoms with Crippen molar-refractivity contribution in [1.82, 2.24) is 14.8 Å². The maximum absolute atomic E-state index is 14.0. The van der Waals surface area contributed by atoms with Gasteiger partial charge in [0.1, 0.15) is 5.75 Å². The third kappa shape index (κ3) is 3.20. The lowest BCUT2D eigenvalue weighted by Crippen LogP contribution is -2.61. The van der Waals surface area contributed by atoms with E-state index in [4.69, 9.17) is 19.2 Å². The molecule has 3 aromatic rings. The Labute approximate surface area is 193 Å². The Morgan fingerprint density at radius 3 is 2.73 bits per heavy atom. The number of amides is 1. The van der Waals surface area contributed by atoms with E-state index in [1.807, 2.05) is 41.3 Å². The average molecular weight is 447 g/mol. The Kier molecular flexibility index (Phi) is 5.00. The molecule has 1 spiro atoms. The summed E-state index contributed by atoms with van der Waals surface area (Å²) < 4.78 is 13.2. The highest BCUT2D eigenvalue weighted by Gasteiger charge is 2.55. The molecule has 33 heavy (non-hydrogen) atoms. The number of ether oxygens (including phenoxy) is 1. The summed E-state index contributed by atoms with van der Waals surface area (Å²) in [5, 5.41) is 5.01. The van der Waals surface area contributed by atoms with Crippen LogP contribution in [0.3, 0.4) is 0 Å². The van der Waals surface area contributed by atoms with E-state index in [9.17, 15) is 4.79 Å². The molecule has 7 nitrogen and oxygen atoms in total. The first-order chi connectivity index (χ1) is 16.2. The molecule has 0 saturated heterocycles. The molecule has 1 aliphatic heterocycles. The van der Waals surface area contributed by atoms with Gasteiger partial charge >= 0.3 is 0 Å². The quantitative estimate of drug-likeness (QED) is 0.537. The normalized spacial score (nSPS) is 23.7. The summed E-state index contributed by atoms with van der Waals surface area (Å²) in [5.41, 5.74) is 0.550. The number of rotatable bonds is 3. The van der Waals surface area contributed by atoms with Gasteiger partial charge in [-0.25, -0.2) is 4.68 Å². The fraction of sp³-hybridized carbons (Fsp3) is 0.500. The number of carbonyl (C=O) groups is 1. The van der Waals surface area contributed by atoms with Crippen LogP contribution in [0.2, 0.25) is 0 Å². The summed E-state index contributed by atoms with van der Waals surface area (Å²) in [4.78, 5) is 20.9. The van der Waals surface area contributed by atoms with Crippen LogP contribution < -0.4 is 9.64 Å². The second-order valence-corrected chi connectivity index (χ2v) is 9.65. The number of hydrogen-bond acceptors (Lipinski definition) is 5. The smallest absolute Gasteiger partial charge is 0.261 e. The van der Waals surface area contributed by atoms with Gasteiger partial charge in [0.2, 0.25) is 11.8 Å². The Morgan fingerprint density at radius 1 is 1.09 bits per heavy atom. The number of aromatic nitrogens is 3. The van der Waals surface area contributed by atoms with Gasteiger partial charge in [-0.1, -0.05) is 38.2 Å². The number of nitrogens with zero attached hydrogens (tertiary/aromatic N) is 4. The van der Waals surface area contributed by atoms with E-state index in [0.29, 0.717) is 34.8 Å². The number of furan rings is 1. The number of fused-ring (bicyclic) bond motifs is 4. The monoisotopic (exact) mass is 446 g/mol. The first kappa shape index (κ1) is 20.5. The fourth-order valence-electron chi connectivity index (χ4n) is 6.50. The molecule has 0 unspecified atom stereocenters. The van der Waals surface area contributed by atoms with Gasteiger partial charge in [-0.05, 0) is 56.0 Å². The summed E-state index contributed by atoms with van der Waals surface area (Å²) >= 11 is 0. The molecule has 2 atom stereocenters. The van der Waals surface area contributed by atoms with Crippen LogP contribution in [0.25, 0.3) is 11.6 Å². The van der Waals surface area contributed by atoms with Crippen LogP contribution in [-0.4, -0.2) is 33.8 Å². The highest BCUT2D eigenvalue weighted by atomic mass is 16.5. The zero-order valence-electron chi connectivity index (χ0n) is 19.1. The maximum atomic E-state index is 14.0. The Balaban J connectivity index is 1.53. The van der Waals surface area contributed by atoms with Crippen LogP contribution in [0.1, 0.15) is 68.1 Å². The highest BCUT2D eigenvalue weighted by molar-refractivity contribution is 6.06. The molecule has 0 bridgehead atoms. The van der Waals surface area contributed by atoms with Crippen molar-refractivity contribution in [2.45, 2.75) is 69.4 Å². The predicted molar refractivity (Wildman–Crippen MR) is 124 cm³/mol. The van der Waals surface area contributed by atoms with Crippen molar-refractivity contribution in [2.75, 3.05) is 12.0 Å². The van der Waals surface area contributed by atoms with Crippen LogP contribution >= 0.6 is 0 Å². The highest BCUT2D eigenvalue weighted by Crippen LogP contribution is 2.53. The Bertz CT molecular complexity index is 1150. The minimum absolute atomic E-state index is 0.0314. The molecule has 172 valence electrons. The van der Waals surface area contributed by atoms with E-state index < -0.39 is 0 Å². The van der Waals surface area contributed by atoms with E-state index in [0.717, 1.165) is 32.1 Å². The van der Waals surface area contributed by atoms with Gasteiger partial charge in [0.15, 0.2) is 5.76 Å². The minimum Gasteiger partial charge on any atom is -0.497 e. The fourth-order valence-corrected chi connectivity index (χ4v) is 6.50. The summed E-state index contributed by atoms with van der Waals surface area (Å²) in [6.45, 7) is 0. The summed E-state index contributed by atoms with van der Waals surface area (Å²) in [5.74, 6) is 2.90. The van der Waals surface area contributed by atoms with Gasteiger partial charge in [0, 0.05) is 17.5 Å². The van der Waals surface area contributed by atoms with Crippen molar-refractivity contribution in [3.63, 3.8) is 0 Å². The van der Waals surface area contributed by atoms with Crippen molar-refractivity contribution in [2.24, 2.45) is 5.92 Å². The number of benzene rings is 1. The van der Waals surface area contributed by atoms with Crippen molar-refractivity contribution in [3.8, 4) is 17.3 Å². The van der Waals surface area contributed by atoms with Crippen LogP contribution in [0.4, 0.5) is 5.95 Å². The van der Waals surface area contributed by atoms with Gasteiger partial charge in [0.05, 0.1) is 18.9 Å². The van der Waals surface area contributed by atoms with Crippen LogP contribution in [0.15, 0.2) is 47.1 Å².